The average Bonchev–Trinajstić information content (AvgIpc) is 3.14. The summed E-state index contributed by atoms with van der Waals surface area (Å²) in [7, 11) is 0. The third-order valence-electron chi connectivity index (χ3n) is 4.01. The minimum absolute atomic E-state index is 0.169. The molecule has 2 amide bonds. The number of H-pyrrole nitrogens is 1. The Balaban J connectivity index is 1.46. The molecular weight excluding hydrogens is 356 g/mol. The fourth-order valence-electron chi connectivity index (χ4n) is 2.60. The lowest BCUT2D eigenvalue weighted by Crippen LogP contribution is -2.34. The van der Waals surface area contributed by atoms with Crippen molar-refractivity contribution in [1.29, 1.82) is 0 Å². The number of carbonyl (C=O) groups is 2. The average molecular weight is 378 g/mol. The van der Waals surface area contributed by atoms with Crippen LogP contribution in [0.5, 0.6) is 5.75 Å². The summed E-state index contributed by atoms with van der Waals surface area (Å²) in [6.45, 7) is 2.49. The Morgan fingerprint density at radius 1 is 1.14 bits per heavy atom. The summed E-state index contributed by atoms with van der Waals surface area (Å²) < 4.78 is 5.48. The first-order valence-corrected chi connectivity index (χ1v) is 9.06. The maximum atomic E-state index is 12.1. The third kappa shape index (κ3) is 4.97. The molecule has 0 saturated carbocycles. The molecule has 7 nitrogen and oxygen atoms in total. The summed E-state index contributed by atoms with van der Waals surface area (Å²) in [6, 6.07) is 14.6. The highest BCUT2D eigenvalue weighted by molar-refractivity contribution is 5.99. The molecule has 1 aromatic heterocycles. The van der Waals surface area contributed by atoms with Gasteiger partial charge in [0.2, 0.25) is 0 Å². The van der Waals surface area contributed by atoms with E-state index < -0.39 is 5.91 Å². The summed E-state index contributed by atoms with van der Waals surface area (Å²) in [5.74, 6) is -0.0344. The molecule has 0 aliphatic rings. The molecule has 7 heteroatoms. The molecule has 28 heavy (non-hydrogen) atoms. The molecule has 3 N–H and O–H groups in total. The second-order valence-corrected chi connectivity index (χ2v) is 6.14. The molecular formula is C21H22N4O3. The van der Waals surface area contributed by atoms with Crippen LogP contribution < -0.4 is 15.5 Å². The van der Waals surface area contributed by atoms with Gasteiger partial charge in [0.1, 0.15) is 5.75 Å². The Morgan fingerprint density at radius 2 is 1.93 bits per heavy atom. The van der Waals surface area contributed by atoms with Crippen molar-refractivity contribution in [1.82, 2.24) is 15.7 Å². The van der Waals surface area contributed by atoms with Gasteiger partial charge in [-0.1, -0.05) is 25.1 Å². The number of amides is 2. The second-order valence-electron chi connectivity index (χ2n) is 6.14. The van der Waals surface area contributed by atoms with E-state index in [0.29, 0.717) is 17.9 Å². The molecule has 3 aromatic rings. The van der Waals surface area contributed by atoms with Crippen LogP contribution in [0, 0.1) is 0 Å². The molecule has 0 atom stereocenters. The van der Waals surface area contributed by atoms with E-state index in [1.165, 1.54) is 0 Å². The van der Waals surface area contributed by atoms with Crippen LogP contribution in [0.1, 0.15) is 29.3 Å². The van der Waals surface area contributed by atoms with Crippen LogP contribution in [0.15, 0.2) is 59.8 Å². The first-order valence-electron chi connectivity index (χ1n) is 9.06. The molecule has 0 saturated heterocycles. The zero-order chi connectivity index (χ0) is 19.8. The zero-order valence-electron chi connectivity index (χ0n) is 15.6. The molecule has 0 fully saturated rings. The summed E-state index contributed by atoms with van der Waals surface area (Å²) in [4.78, 5) is 27.1. The van der Waals surface area contributed by atoms with Crippen molar-refractivity contribution < 1.29 is 14.3 Å². The molecule has 0 bridgehead atoms. The third-order valence-corrected chi connectivity index (χ3v) is 4.01. The fraction of sp³-hybridized carbons (Fsp3) is 0.190. The Hall–Kier alpha value is -3.61. The predicted octanol–water partition coefficient (Wildman–Crippen LogP) is 2.84. The van der Waals surface area contributed by atoms with Gasteiger partial charge in [0, 0.05) is 28.2 Å². The van der Waals surface area contributed by atoms with Gasteiger partial charge in [0.25, 0.3) is 11.8 Å². The van der Waals surface area contributed by atoms with Crippen molar-refractivity contribution in [2.75, 3.05) is 13.2 Å². The quantitative estimate of drug-likeness (QED) is 0.415. The SMILES string of the molecule is CCCOc1ccc(C(=O)NCC(=O)N/N=C\c2c[nH]c3ccccc23)cc1. The highest BCUT2D eigenvalue weighted by Gasteiger charge is 2.08. The monoisotopic (exact) mass is 378 g/mol. The summed E-state index contributed by atoms with van der Waals surface area (Å²) in [5.41, 5.74) is 4.72. The highest BCUT2D eigenvalue weighted by atomic mass is 16.5. The van der Waals surface area contributed by atoms with Gasteiger partial charge in [0.15, 0.2) is 0 Å². The van der Waals surface area contributed by atoms with Crippen LogP contribution in [0.3, 0.4) is 0 Å². The summed E-state index contributed by atoms with van der Waals surface area (Å²) in [6.07, 6.45) is 4.30. The largest absolute Gasteiger partial charge is 0.494 e. The minimum Gasteiger partial charge on any atom is -0.494 e. The smallest absolute Gasteiger partial charge is 0.259 e. The molecule has 0 radical (unpaired) electrons. The van der Waals surface area contributed by atoms with E-state index in [2.05, 4.69) is 20.8 Å². The number of hydrogen-bond acceptors (Lipinski definition) is 4. The Bertz CT molecular complexity index is 977. The number of carbonyl (C=O) groups excluding carboxylic acids is 2. The lowest BCUT2D eigenvalue weighted by atomic mass is 10.2. The van der Waals surface area contributed by atoms with Gasteiger partial charge in [-0.15, -0.1) is 0 Å². The van der Waals surface area contributed by atoms with E-state index in [1.54, 1.807) is 30.5 Å². The normalized spacial score (nSPS) is 10.9. The van der Waals surface area contributed by atoms with E-state index >= 15 is 0 Å². The molecule has 0 unspecified atom stereocenters. The highest BCUT2D eigenvalue weighted by Crippen LogP contribution is 2.15. The van der Waals surface area contributed by atoms with Gasteiger partial charge in [0.05, 0.1) is 19.4 Å². The maximum Gasteiger partial charge on any atom is 0.259 e. The van der Waals surface area contributed by atoms with E-state index in [-0.39, 0.29) is 12.5 Å². The molecule has 0 aliphatic carbocycles. The van der Waals surface area contributed by atoms with E-state index in [9.17, 15) is 9.59 Å². The molecule has 2 aromatic carbocycles. The van der Waals surface area contributed by atoms with Crippen LogP contribution in [-0.2, 0) is 4.79 Å². The van der Waals surface area contributed by atoms with E-state index in [0.717, 1.165) is 22.9 Å². The lowest BCUT2D eigenvalue weighted by molar-refractivity contribution is -0.120. The van der Waals surface area contributed by atoms with E-state index in [4.69, 9.17) is 4.74 Å². The van der Waals surface area contributed by atoms with Crippen molar-refractivity contribution in [3.05, 3.63) is 65.9 Å². The van der Waals surface area contributed by atoms with Gasteiger partial charge in [-0.25, -0.2) is 5.43 Å². The molecule has 0 spiro atoms. The maximum absolute atomic E-state index is 12.1. The standard InChI is InChI=1S/C21H22N4O3/c1-2-11-28-17-9-7-15(8-10-17)21(27)23-14-20(26)25-24-13-16-12-22-19-6-4-3-5-18(16)19/h3-10,12-13,22H,2,11,14H2,1H3,(H,23,27)(H,25,26)/b24-13-. The van der Waals surface area contributed by atoms with Crippen molar-refractivity contribution >= 4 is 28.9 Å². The van der Waals surface area contributed by atoms with Gasteiger partial charge in [-0.3, -0.25) is 9.59 Å². The number of rotatable bonds is 8. The number of hydrogen-bond donors (Lipinski definition) is 3. The number of para-hydroxylation sites is 1. The minimum atomic E-state index is -0.410. The Kier molecular flexibility index (Phi) is 6.41. The number of hydrazone groups is 1. The van der Waals surface area contributed by atoms with Crippen molar-refractivity contribution in [2.24, 2.45) is 5.10 Å². The topological polar surface area (TPSA) is 95.6 Å². The lowest BCUT2D eigenvalue weighted by Gasteiger charge is -2.06. The number of aromatic amines is 1. The number of ether oxygens (including phenoxy) is 1. The first kappa shape index (κ1) is 19.2. The van der Waals surface area contributed by atoms with Gasteiger partial charge in [-0.2, -0.15) is 5.10 Å². The van der Waals surface area contributed by atoms with Crippen LogP contribution in [0.4, 0.5) is 0 Å². The first-order chi connectivity index (χ1) is 13.7. The van der Waals surface area contributed by atoms with Crippen LogP contribution in [-0.4, -0.2) is 36.2 Å². The zero-order valence-corrected chi connectivity index (χ0v) is 15.6. The molecule has 3 rings (SSSR count). The second kappa shape index (κ2) is 9.36. The fourth-order valence-corrected chi connectivity index (χ4v) is 2.60. The van der Waals surface area contributed by atoms with Gasteiger partial charge < -0.3 is 15.0 Å². The number of aromatic nitrogens is 1. The Labute approximate surface area is 162 Å². The molecule has 1 heterocycles. The van der Waals surface area contributed by atoms with Crippen molar-refractivity contribution in [3.8, 4) is 5.75 Å². The Morgan fingerprint density at radius 3 is 2.71 bits per heavy atom. The van der Waals surface area contributed by atoms with Gasteiger partial charge >= 0.3 is 0 Å². The molecule has 0 aliphatic heterocycles. The van der Waals surface area contributed by atoms with Crippen LogP contribution in [0.2, 0.25) is 0 Å². The number of nitrogens with zero attached hydrogens (tertiary/aromatic N) is 1. The van der Waals surface area contributed by atoms with Crippen LogP contribution in [0.25, 0.3) is 10.9 Å². The number of fused-ring (bicyclic) bond motifs is 1. The predicted molar refractivity (Wildman–Crippen MR) is 109 cm³/mol. The summed E-state index contributed by atoms with van der Waals surface area (Å²) >= 11 is 0. The number of benzene rings is 2. The number of nitrogens with one attached hydrogen (secondary N) is 3. The van der Waals surface area contributed by atoms with E-state index in [1.807, 2.05) is 37.4 Å². The summed E-state index contributed by atoms with van der Waals surface area (Å²) in [5, 5.41) is 7.52. The van der Waals surface area contributed by atoms with Crippen molar-refractivity contribution in [3.63, 3.8) is 0 Å². The molecule has 144 valence electrons. The van der Waals surface area contributed by atoms with Gasteiger partial charge in [-0.05, 0) is 36.8 Å². The van der Waals surface area contributed by atoms with Crippen molar-refractivity contribution in [2.45, 2.75) is 13.3 Å². The van der Waals surface area contributed by atoms with Crippen LogP contribution >= 0.6 is 0 Å².